The maximum absolute atomic E-state index is 12.6. The lowest BCUT2D eigenvalue weighted by molar-refractivity contribution is 0.0604. The summed E-state index contributed by atoms with van der Waals surface area (Å²) in [6.07, 6.45) is 3.16. The van der Waals surface area contributed by atoms with Crippen LogP contribution in [0, 0.1) is 0 Å². The molecule has 1 amide bonds. The molecule has 0 bridgehead atoms. The SMILES string of the molecule is C[C@@H]1CCCCN1C(=O)c1ccc(-c2ccc(S(N)(=O)=O)cc2)o1. The molecule has 1 saturated heterocycles. The van der Waals surface area contributed by atoms with Crippen LogP contribution in [-0.2, 0) is 10.0 Å². The van der Waals surface area contributed by atoms with Gasteiger partial charge in [-0.15, -0.1) is 0 Å². The topological polar surface area (TPSA) is 93.6 Å². The number of benzene rings is 1. The predicted octanol–water partition coefficient (Wildman–Crippen LogP) is 2.61. The van der Waals surface area contributed by atoms with E-state index in [2.05, 4.69) is 0 Å². The molecule has 2 heterocycles. The predicted molar refractivity (Wildman–Crippen MR) is 89.9 cm³/mol. The first kappa shape index (κ1) is 16.7. The Morgan fingerprint density at radius 1 is 1.17 bits per heavy atom. The number of amides is 1. The van der Waals surface area contributed by atoms with Gasteiger partial charge in [0.05, 0.1) is 4.90 Å². The minimum absolute atomic E-state index is 0.0382. The van der Waals surface area contributed by atoms with Crippen LogP contribution in [0.4, 0.5) is 0 Å². The van der Waals surface area contributed by atoms with Gasteiger partial charge in [-0.05, 0) is 62.6 Å². The zero-order valence-electron chi connectivity index (χ0n) is 13.4. The van der Waals surface area contributed by atoms with Crippen molar-refractivity contribution in [2.45, 2.75) is 37.1 Å². The Kier molecular flexibility index (Phi) is 4.47. The van der Waals surface area contributed by atoms with Gasteiger partial charge in [-0.3, -0.25) is 4.79 Å². The third-order valence-electron chi connectivity index (χ3n) is 4.35. The van der Waals surface area contributed by atoms with Crippen LogP contribution < -0.4 is 5.14 Å². The first-order valence-electron chi connectivity index (χ1n) is 7.90. The van der Waals surface area contributed by atoms with Crippen molar-refractivity contribution in [2.75, 3.05) is 6.54 Å². The van der Waals surface area contributed by atoms with E-state index in [0.29, 0.717) is 17.1 Å². The van der Waals surface area contributed by atoms with Gasteiger partial charge < -0.3 is 9.32 Å². The number of nitrogens with zero attached hydrogens (tertiary/aromatic N) is 1. The standard InChI is InChI=1S/C17H20N2O4S/c1-12-4-2-3-11-19(12)17(20)16-10-9-15(23-16)13-5-7-14(8-6-13)24(18,21)22/h5-10,12H,2-4,11H2,1H3,(H2,18,21,22)/t12-/m1/s1. The molecule has 6 nitrogen and oxygen atoms in total. The fourth-order valence-corrected chi connectivity index (χ4v) is 3.47. The van der Waals surface area contributed by atoms with Gasteiger partial charge in [0.2, 0.25) is 10.0 Å². The number of likely N-dealkylation sites (tertiary alicyclic amines) is 1. The normalized spacial score (nSPS) is 18.6. The number of primary sulfonamides is 1. The van der Waals surface area contributed by atoms with Crippen molar-refractivity contribution < 1.29 is 17.6 Å². The van der Waals surface area contributed by atoms with E-state index in [1.807, 2.05) is 11.8 Å². The monoisotopic (exact) mass is 348 g/mol. The van der Waals surface area contributed by atoms with Gasteiger partial charge in [-0.25, -0.2) is 13.6 Å². The molecule has 1 aliphatic rings. The minimum atomic E-state index is -3.72. The molecule has 0 spiro atoms. The van der Waals surface area contributed by atoms with Crippen molar-refractivity contribution in [2.24, 2.45) is 5.14 Å². The van der Waals surface area contributed by atoms with Crippen molar-refractivity contribution in [3.05, 3.63) is 42.2 Å². The molecular formula is C17H20N2O4S. The molecule has 1 aliphatic heterocycles. The third kappa shape index (κ3) is 3.37. The second kappa shape index (κ2) is 6.41. The molecule has 24 heavy (non-hydrogen) atoms. The van der Waals surface area contributed by atoms with Gasteiger partial charge in [0.15, 0.2) is 5.76 Å². The number of nitrogens with two attached hydrogens (primary N) is 1. The molecule has 1 aromatic heterocycles. The summed E-state index contributed by atoms with van der Waals surface area (Å²) in [6.45, 7) is 2.80. The molecule has 0 saturated carbocycles. The number of hydrogen-bond acceptors (Lipinski definition) is 4. The zero-order valence-corrected chi connectivity index (χ0v) is 14.3. The quantitative estimate of drug-likeness (QED) is 0.922. The van der Waals surface area contributed by atoms with Crippen LogP contribution in [0.3, 0.4) is 0 Å². The summed E-state index contributed by atoms with van der Waals surface area (Å²) < 4.78 is 28.3. The second-order valence-corrected chi connectivity index (χ2v) is 7.64. The van der Waals surface area contributed by atoms with Gasteiger partial charge in [0.1, 0.15) is 5.76 Å². The van der Waals surface area contributed by atoms with Gasteiger partial charge >= 0.3 is 0 Å². The van der Waals surface area contributed by atoms with Crippen molar-refractivity contribution in [3.8, 4) is 11.3 Å². The first-order valence-corrected chi connectivity index (χ1v) is 9.45. The maximum Gasteiger partial charge on any atom is 0.289 e. The van der Waals surface area contributed by atoms with E-state index in [0.717, 1.165) is 25.8 Å². The highest BCUT2D eigenvalue weighted by Gasteiger charge is 2.26. The summed E-state index contributed by atoms with van der Waals surface area (Å²) in [5.74, 6) is 0.716. The van der Waals surface area contributed by atoms with Crippen molar-refractivity contribution in [1.29, 1.82) is 0 Å². The molecular weight excluding hydrogens is 328 g/mol. The molecule has 2 N–H and O–H groups in total. The van der Waals surface area contributed by atoms with Crippen LogP contribution in [0.2, 0.25) is 0 Å². The molecule has 1 aromatic carbocycles. The summed E-state index contributed by atoms with van der Waals surface area (Å²) in [7, 11) is -3.72. The zero-order chi connectivity index (χ0) is 17.3. The van der Waals surface area contributed by atoms with Crippen molar-refractivity contribution in [3.63, 3.8) is 0 Å². The van der Waals surface area contributed by atoms with E-state index in [9.17, 15) is 13.2 Å². The Labute approximate surface area is 141 Å². The van der Waals surface area contributed by atoms with Crippen LogP contribution in [-0.4, -0.2) is 31.8 Å². The molecule has 2 aromatic rings. The lowest BCUT2D eigenvalue weighted by Gasteiger charge is -2.32. The van der Waals surface area contributed by atoms with Crippen LogP contribution in [0.15, 0.2) is 45.7 Å². The van der Waals surface area contributed by atoms with Crippen LogP contribution in [0.1, 0.15) is 36.7 Å². The lowest BCUT2D eigenvalue weighted by atomic mass is 10.0. The van der Waals surface area contributed by atoms with E-state index >= 15 is 0 Å². The Morgan fingerprint density at radius 3 is 2.50 bits per heavy atom. The molecule has 1 fully saturated rings. The van der Waals surface area contributed by atoms with Gasteiger partial charge in [0.25, 0.3) is 5.91 Å². The highest BCUT2D eigenvalue weighted by Crippen LogP contribution is 2.26. The third-order valence-corrected chi connectivity index (χ3v) is 5.28. The maximum atomic E-state index is 12.6. The second-order valence-electron chi connectivity index (χ2n) is 6.08. The Balaban J connectivity index is 1.81. The Hall–Kier alpha value is -2.12. The molecule has 128 valence electrons. The van der Waals surface area contributed by atoms with E-state index in [1.165, 1.54) is 12.1 Å². The fraction of sp³-hybridized carbons (Fsp3) is 0.353. The number of piperidine rings is 1. The highest BCUT2D eigenvalue weighted by atomic mass is 32.2. The number of furan rings is 1. The van der Waals surface area contributed by atoms with Crippen LogP contribution in [0.25, 0.3) is 11.3 Å². The average molecular weight is 348 g/mol. The van der Waals surface area contributed by atoms with Crippen LogP contribution >= 0.6 is 0 Å². The largest absolute Gasteiger partial charge is 0.451 e. The number of carbonyl (C=O) groups is 1. The van der Waals surface area contributed by atoms with Crippen molar-refractivity contribution >= 4 is 15.9 Å². The molecule has 0 radical (unpaired) electrons. The fourth-order valence-electron chi connectivity index (χ4n) is 2.96. The summed E-state index contributed by atoms with van der Waals surface area (Å²) in [5, 5.41) is 5.08. The number of rotatable bonds is 3. The highest BCUT2D eigenvalue weighted by molar-refractivity contribution is 7.89. The van der Waals surface area contributed by atoms with E-state index < -0.39 is 10.0 Å². The molecule has 3 rings (SSSR count). The Morgan fingerprint density at radius 2 is 1.88 bits per heavy atom. The summed E-state index contributed by atoms with van der Waals surface area (Å²) in [6, 6.07) is 9.64. The summed E-state index contributed by atoms with van der Waals surface area (Å²) in [5.41, 5.74) is 0.688. The van der Waals surface area contributed by atoms with Gasteiger partial charge in [-0.2, -0.15) is 0 Å². The summed E-state index contributed by atoms with van der Waals surface area (Å²) in [4.78, 5) is 14.5. The van der Waals surface area contributed by atoms with E-state index in [1.54, 1.807) is 24.3 Å². The smallest absolute Gasteiger partial charge is 0.289 e. The summed E-state index contributed by atoms with van der Waals surface area (Å²) >= 11 is 0. The average Bonchev–Trinajstić information content (AvgIpc) is 3.04. The molecule has 1 atom stereocenters. The number of carbonyl (C=O) groups excluding carboxylic acids is 1. The van der Waals surface area contributed by atoms with E-state index in [-0.39, 0.29) is 16.8 Å². The van der Waals surface area contributed by atoms with Crippen molar-refractivity contribution in [1.82, 2.24) is 4.90 Å². The molecule has 7 heteroatoms. The Bertz CT molecular complexity index is 840. The van der Waals surface area contributed by atoms with E-state index in [4.69, 9.17) is 9.56 Å². The first-order chi connectivity index (χ1) is 11.4. The van der Waals surface area contributed by atoms with Gasteiger partial charge in [0, 0.05) is 18.2 Å². The van der Waals surface area contributed by atoms with Crippen LogP contribution in [0.5, 0.6) is 0 Å². The lowest BCUT2D eigenvalue weighted by Crippen LogP contribution is -2.41. The van der Waals surface area contributed by atoms with Gasteiger partial charge in [-0.1, -0.05) is 0 Å². The molecule has 0 aliphatic carbocycles. The minimum Gasteiger partial charge on any atom is -0.451 e. The molecule has 0 unspecified atom stereocenters. The number of hydrogen-bond donors (Lipinski definition) is 1. The number of sulfonamides is 1.